The zero-order chi connectivity index (χ0) is 7.98. The number of carboxylic acids is 1. The molecule has 62 valence electrons. The van der Waals surface area contributed by atoms with Gasteiger partial charge in [0.25, 0.3) is 0 Å². The maximum atomic E-state index is 10.4. The molecule has 0 saturated heterocycles. The Kier molecular flexibility index (Phi) is 12.6. The van der Waals surface area contributed by atoms with Crippen molar-refractivity contribution in [1.29, 1.82) is 0 Å². The Hall–Kier alpha value is 1.28. The minimum absolute atomic E-state index is 0. The Morgan fingerprint density at radius 1 is 1.45 bits per heavy atom. The van der Waals surface area contributed by atoms with E-state index in [1.807, 2.05) is 6.92 Å². The first-order chi connectivity index (χ1) is 4.72. The number of hydrogen-bond donors (Lipinski definition) is 1. The zero-order valence-corrected chi connectivity index (χ0v) is 6.76. The predicted octanol–water partition coefficient (Wildman–Crippen LogP) is 1.64. The van der Waals surface area contributed by atoms with Crippen LogP contribution < -0.4 is 0 Å². The van der Waals surface area contributed by atoms with E-state index in [1.54, 1.807) is 0 Å². The molecule has 1 N–H and O–H groups in total. The van der Waals surface area contributed by atoms with E-state index in [9.17, 15) is 4.79 Å². The van der Waals surface area contributed by atoms with Crippen LogP contribution >= 0.6 is 0 Å². The molecule has 3 heteroatoms. The van der Waals surface area contributed by atoms with E-state index in [4.69, 9.17) is 5.11 Å². The van der Waals surface area contributed by atoms with Crippen molar-refractivity contribution in [3.05, 3.63) is 0 Å². The van der Waals surface area contributed by atoms with Gasteiger partial charge in [0.05, 0.1) is 5.92 Å². The molecule has 0 saturated carbocycles. The van der Waals surface area contributed by atoms with Crippen LogP contribution in [0.15, 0.2) is 0 Å². The Labute approximate surface area is 118 Å². The van der Waals surface area contributed by atoms with E-state index >= 15 is 0 Å². The molecule has 0 aliphatic rings. The second-order valence-electron chi connectivity index (χ2n) is 2.59. The molecule has 0 fully saturated rings. The molecule has 0 rings (SSSR count). The molecule has 0 aromatic heterocycles. The van der Waals surface area contributed by atoms with Gasteiger partial charge in [0.15, 0.2) is 0 Å². The average Bonchev–Trinajstić information content (AvgIpc) is 1.89. The van der Waals surface area contributed by atoms with Gasteiger partial charge in [-0.1, -0.05) is 26.7 Å². The molecule has 11 heavy (non-hydrogen) atoms. The summed E-state index contributed by atoms with van der Waals surface area (Å²) in [5.41, 5.74) is 0. The molecule has 1 atom stereocenters. The first-order valence-corrected chi connectivity index (χ1v) is 3.95. The number of carbonyl (C=O) groups is 1. The summed E-state index contributed by atoms with van der Waals surface area (Å²) in [5, 5.41) is 8.60. The van der Waals surface area contributed by atoms with Gasteiger partial charge in [-0.15, -0.1) is 0 Å². The molecule has 0 radical (unpaired) electrons. The van der Waals surface area contributed by atoms with Crippen LogP contribution in [-0.2, 0) is 4.79 Å². The van der Waals surface area contributed by atoms with Crippen LogP contribution in [0.4, 0.5) is 0 Å². The first-order valence-electron chi connectivity index (χ1n) is 3.95. The second kappa shape index (κ2) is 9.36. The van der Waals surface area contributed by atoms with Gasteiger partial charge in [0.1, 0.15) is 0 Å². The van der Waals surface area contributed by atoms with E-state index < -0.39 is 5.97 Å². The van der Waals surface area contributed by atoms with Crippen LogP contribution in [0.25, 0.3) is 0 Å². The number of carboxylic acid groups (broad SMARTS) is 1. The minimum atomic E-state index is -0.643. The van der Waals surface area contributed by atoms with Crippen molar-refractivity contribution in [2.24, 2.45) is 5.92 Å². The third-order valence-corrected chi connectivity index (χ3v) is 1.75. The summed E-state index contributed by atoms with van der Waals surface area (Å²) in [7, 11) is 0. The number of hydrogen-bond acceptors (Lipinski definition) is 1. The molecule has 0 aliphatic heterocycles. The molecule has 0 aromatic rings. The Balaban J connectivity index is 0. The van der Waals surface area contributed by atoms with Crippen LogP contribution in [0.5, 0.6) is 0 Å². The predicted molar refractivity (Wildman–Crippen MR) is 48.1 cm³/mol. The van der Waals surface area contributed by atoms with E-state index in [0.717, 1.165) is 25.7 Å². The fourth-order valence-electron chi connectivity index (χ4n) is 0.953. The maximum absolute atomic E-state index is 10.4. The van der Waals surface area contributed by atoms with Crippen molar-refractivity contribution in [2.45, 2.75) is 39.5 Å². The van der Waals surface area contributed by atoms with Crippen molar-refractivity contribution in [2.75, 3.05) is 0 Å². The van der Waals surface area contributed by atoms with Crippen molar-refractivity contribution < 1.29 is 9.90 Å². The molecule has 0 aromatic carbocycles. The van der Waals surface area contributed by atoms with E-state index in [2.05, 4.69) is 6.92 Å². The molecule has 0 spiro atoms. The monoisotopic (exact) mass is 230 g/mol. The van der Waals surface area contributed by atoms with Gasteiger partial charge in [0, 0.05) is 0 Å². The van der Waals surface area contributed by atoms with Crippen LogP contribution in [0.2, 0.25) is 0 Å². The van der Waals surface area contributed by atoms with E-state index in [-0.39, 0.29) is 64.1 Å². The second-order valence-corrected chi connectivity index (χ2v) is 2.59. The van der Waals surface area contributed by atoms with Crippen molar-refractivity contribution in [1.82, 2.24) is 0 Å². The molecule has 2 nitrogen and oxygen atoms in total. The van der Waals surface area contributed by atoms with Crippen molar-refractivity contribution >= 4 is 64.2 Å². The molecular weight excluding hydrogens is 214 g/mol. The number of unbranched alkanes of at least 4 members (excludes halogenated alkanes) is 1. The first kappa shape index (κ1) is 14.8. The molecule has 0 heterocycles. The standard InChI is InChI=1S/C8H16O2.Rb.H/c1-3-5-6-7(4-2)8(9)10;;/h7H,3-6H2,1-2H3,(H,9,10);;. The summed E-state index contributed by atoms with van der Waals surface area (Å²) in [6.45, 7) is 4.00. The summed E-state index contributed by atoms with van der Waals surface area (Å²) >= 11 is 0. The van der Waals surface area contributed by atoms with Crippen molar-refractivity contribution in [3.8, 4) is 0 Å². The van der Waals surface area contributed by atoms with Gasteiger partial charge < -0.3 is 5.11 Å². The summed E-state index contributed by atoms with van der Waals surface area (Å²) in [5.74, 6) is -0.754. The molecule has 0 bridgehead atoms. The van der Waals surface area contributed by atoms with Gasteiger partial charge in [-0.05, 0) is 12.8 Å². The zero-order valence-electron chi connectivity index (χ0n) is 6.76. The molecule has 0 amide bonds. The molecule has 1 unspecified atom stereocenters. The summed E-state index contributed by atoms with van der Waals surface area (Å²) in [6.07, 6.45) is 3.71. The SMILES string of the molecule is CCCCC(CC)C(=O)O.[RbH]. The van der Waals surface area contributed by atoms with Crippen LogP contribution in [0.3, 0.4) is 0 Å². The summed E-state index contributed by atoms with van der Waals surface area (Å²) < 4.78 is 0. The van der Waals surface area contributed by atoms with Gasteiger partial charge in [-0.3, -0.25) is 4.79 Å². The third kappa shape index (κ3) is 7.63. The van der Waals surface area contributed by atoms with Crippen LogP contribution in [0.1, 0.15) is 39.5 Å². The van der Waals surface area contributed by atoms with Crippen molar-refractivity contribution in [3.63, 3.8) is 0 Å². The Morgan fingerprint density at radius 2 is 2.00 bits per heavy atom. The quantitative estimate of drug-likeness (QED) is 0.780. The third-order valence-electron chi connectivity index (χ3n) is 1.75. The van der Waals surface area contributed by atoms with Gasteiger partial charge in [-0.25, -0.2) is 0 Å². The van der Waals surface area contributed by atoms with Crippen LogP contribution in [-0.4, -0.2) is 69.3 Å². The fraction of sp³-hybridized carbons (Fsp3) is 0.875. The summed E-state index contributed by atoms with van der Waals surface area (Å²) in [6, 6.07) is 0. The van der Waals surface area contributed by atoms with Gasteiger partial charge in [-0.2, -0.15) is 0 Å². The Morgan fingerprint density at radius 3 is 2.27 bits per heavy atom. The average molecular weight is 231 g/mol. The Bertz CT molecular complexity index is 104. The van der Waals surface area contributed by atoms with E-state index in [1.165, 1.54) is 0 Å². The molecule has 0 aliphatic carbocycles. The summed E-state index contributed by atoms with van der Waals surface area (Å²) in [4.78, 5) is 10.4. The van der Waals surface area contributed by atoms with E-state index in [0.29, 0.717) is 0 Å². The normalized spacial score (nSPS) is 11.8. The van der Waals surface area contributed by atoms with Crippen LogP contribution in [0, 0.1) is 5.92 Å². The molecular formula is C8H17O2Rb. The number of aliphatic carboxylic acids is 1. The topological polar surface area (TPSA) is 37.3 Å². The number of rotatable bonds is 5. The van der Waals surface area contributed by atoms with Gasteiger partial charge in [0.2, 0.25) is 0 Å². The van der Waals surface area contributed by atoms with Gasteiger partial charge >= 0.3 is 64.2 Å². The fourth-order valence-corrected chi connectivity index (χ4v) is 0.953.